The predicted octanol–water partition coefficient (Wildman–Crippen LogP) is 2.18. The summed E-state index contributed by atoms with van der Waals surface area (Å²) in [5.74, 6) is -0.373. The number of halogens is 2. The Morgan fingerprint density at radius 2 is 2.27 bits per heavy atom. The van der Waals surface area contributed by atoms with Gasteiger partial charge in [0.15, 0.2) is 0 Å². The molecule has 1 aliphatic heterocycles. The molecule has 2 nitrogen and oxygen atoms in total. The van der Waals surface area contributed by atoms with E-state index in [0.717, 1.165) is 18.5 Å². The van der Waals surface area contributed by atoms with Crippen molar-refractivity contribution in [2.45, 2.75) is 18.5 Å². The number of nitrogens with two attached hydrogens (primary N) is 1. The number of rotatable bonds is 1. The van der Waals surface area contributed by atoms with Crippen LogP contribution in [0.3, 0.4) is 0 Å². The van der Waals surface area contributed by atoms with Crippen LogP contribution >= 0.6 is 11.6 Å². The fourth-order valence-corrected chi connectivity index (χ4v) is 2.29. The van der Waals surface area contributed by atoms with E-state index in [0.29, 0.717) is 0 Å². The maximum Gasteiger partial charge on any atom is 0.142 e. The second kappa shape index (κ2) is 4.08. The van der Waals surface area contributed by atoms with Gasteiger partial charge in [0.05, 0.1) is 5.02 Å². The van der Waals surface area contributed by atoms with Crippen LogP contribution in [0, 0.1) is 5.82 Å². The van der Waals surface area contributed by atoms with Gasteiger partial charge in [-0.25, -0.2) is 4.39 Å². The predicted molar refractivity (Wildman–Crippen MR) is 59.4 cm³/mol. The largest absolute Gasteiger partial charge is 0.326 e. The van der Waals surface area contributed by atoms with Crippen LogP contribution in [0.1, 0.15) is 18.0 Å². The normalized spacial score (nSPS) is 27.2. The van der Waals surface area contributed by atoms with Gasteiger partial charge in [-0.2, -0.15) is 0 Å². The molecule has 0 bridgehead atoms. The van der Waals surface area contributed by atoms with Crippen molar-refractivity contribution >= 4 is 11.6 Å². The quantitative estimate of drug-likeness (QED) is 0.799. The van der Waals surface area contributed by atoms with Gasteiger partial charge in [-0.15, -0.1) is 0 Å². The van der Waals surface area contributed by atoms with Crippen molar-refractivity contribution in [1.29, 1.82) is 0 Å². The van der Waals surface area contributed by atoms with Crippen molar-refractivity contribution in [3.8, 4) is 0 Å². The van der Waals surface area contributed by atoms with Crippen LogP contribution in [0.5, 0.6) is 0 Å². The summed E-state index contributed by atoms with van der Waals surface area (Å²) in [5.41, 5.74) is 6.90. The Balaban J connectivity index is 2.32. The topological polar surface area (TPSA) is 29.3 Å². The molecule has 0 unspecified atom stereocenters. The van der Waals surface area contributed by atoms with Crippen molar-refractivity contribution in [1.82, 2.24) is 4.90 Å². The van der Waals surface area contributed by atoms with Crippen molar-refractivity contribution in [3.63, 3.8) is 0 Å². The van der Waals surface area contributed by atoms with Crippen LogP contribution in [0.4, 0.5) is 4.39 Å². The van der Waals surface area contributed by atoms with Crippen LogP contribution < -0.4 is 5.73 Å². The zero-order valence-electron chi connectivity index (χ0n) is 8.58. The average Bonchev–Trinajstić information content (AvgIpc) is 2.52. The number of hydrogen-bond acceptors (Lipinski definition) is 2. The molecular weight excluding hydrogens is 215 g/mol. The summed E-state index contributed by atoms with van der Waals surface area (Å²) in [6, 6.07) is 5.10. The number of likely N-dealkylation sites (N-methyl/N-ethyl adjacent to an activating group) is 1. The molecule has 4 heteroatoms. The smallest absolute Gasteiger partial charge is 0.142 e. The van der Waals surface area contributed by atoms with Crippen molar-refractivity contribution in [3.05, 3.63) is 34.6 Å². The Morgan fingerprint density at radius 3 is 2.80 bits per heavy atom. The van der Waals surface area contributed by atoms with E-state index in [4.69, 9.17) is 17.3 Å². The van der Waals surface area contributed by atoms with Gasteiger partial charge in [0, 0.05) is 18.6 Å². The lowest BCUT2D eigenvalue weighted by Crippen LogP contribution is -2.29. The van der Waals surface area contributed by atoms with E-state index < -0.39 is 0 Å². The molecule has 2 atom stereocenters. The first-order valence-electron chi connectivity index (χ1n) is 5.00. The highest BCUT2D eigenvalue weighted by atomic mass is 35.5. The summed E-state index contributed by atoms with van der Waals surface area (Å²) in [4.78, 5) is 2.15. The Morgan fingerprint density at radius 1 is 1.53 bits per heavy atom. The average molecular weight is 229 g/mol. The number of nitrogens with zero attached hydrogens (tertiary/aromatic N) is 1. The fraction of sp³-hybridized carbons (Fsp3) is 0.455. The number of likely N-dealkylation sites (tertiary alicyclic amines) is 1. The molecule has 1 aromatic rings. The standard InChI is InChI=1S/C11H14ClFN2/c1-15-5-4-10(14)11(15)7-2-3-8(12)9(13)6-7/h2-3,6,10-11H,4-5,14H2,1H3/t10-,11-/m1/s1. The number of hydrogen-bond donors (Lipinski definition) is 1. The third-order valence-corrected chi connectivity index (χ3v) is 3.29. The van der Waals surface area contributed by atoms with Gasteiger partial charge in [0.25, 0.3) is 0 Å². The molecule has 82 valence electrons. The van der Waals surface area contributed by atoms with Crippen molar-refractivity contribution < 1.29 is 4.39 Å². The third-order valence-electron chi connectivity index (χ3n) is 2.98. The molecule has 1 aliphatic rings. The Kier molecular flexibility index (Phi) is 2.96. The highest BCUT2D eigenvalue weighted by molar-refractivity contribution is 6.30. The van der Waals surface area contributed by atoms with Crippen LogP contribution in [-0.4, -0.2) is 24.5 Å². The van der Waals surface area contributed by atoms with Gasteiger partial charge in [0.2, 0.25) is 0 Å². The molecule has 0 saturated carbocycles. The van der Waals surface area contributed by atoms with Gasteiger partial charge in [-0.1, -0.05) is 17.7 Å². The summed E-state index contributed by atoms with van der Waals surface area (Å²) in [5, 5.41) is 0.160. The van der Waals surface area contributed by atoms with Crippen molar-refractivity contribution in [2.24, 2.45) is 5.73 Å². The highest BCUT2D eigenvalue weighted by Gasteiger charge is 2.30. The SMILES string of the molecule is CN1CC[C@@H](N)[C@H]1c1ccc(Cl)c(F)c1. The fourth-order valence-electron chi connectivity index (χ4n) is 2.17. The molecule has 1 heterocycles. The molecular formula is C11H14ClFN2. The lowest BCUT2D eigenvalue weighted by molar-refractivity contribution is 0.303. The first-order chi connectivity index (χ1) is 7.09. The monoisotopic (exact) mass is 228 g/mol. The van der Waals surface area contributed by atoms with Gasteiger partial charge >= 0.3 is 0 Å². The molecule has 0 aliphatic carbocycles. The van der Waals surface area contributed by atoms with E-state index in [2.05, 4.69) is 4.90 Å². The molecule has 2 N–H and O–H groups in total. The summed E-state index contributed by atoms with van der Waals surface area (Å²) in [6.07, 6.45) is 0.950. The van der Waals surface area contributed by atoms with Gasteiger partial charge in [0.1, 0.15) is 5.82 Å². The van der Waals surface area contributed by atoms with E-state index in [9.17, 15) is 4.39 Å². The molecule has 0 amide bonds. The van der Waals surface area contributed by atoms with Crippen LogP contribution in [0.25, 0.3) is 0 Å². The molecule has 0 radical (unpaired) electrons. The van der Waals surface area contributed by atoms with E-state index in [-0.39, 0.29) is 22.9 Å². The molecule has 1 saturated heterocycles. The highest BCUT2D eigenvalue weighted by Crippen LogP contribution is 2.31. The second-order valence-electron chi connectivity index (χ2n) is 4.05. The summed E-state index contributed by atoms with van der Waals surface area (Å²) in [6.45, 7) is 0.954. The Bertz CT molecular complexity index is 360. The minimum Gasteiger partial charge on any atom is -0.326 e. The first kappa shape index (κ1) is 10.9. The zero-order valence-corrected chi connectivity index (χ0v) is 9.34. The van der Waals surface area contributed by atoms with Gasteiger partial charge < -0.3 is 5.73 Å². The molecule has 1 aromatic carbocycles. The summed E-state index contributed by atoms with van der Waals surface area (Å²) < 4.78 is 13.3. The van der Waals surface area contributed by atoms with Crippen LogP contribution in [0.2, 0.25) is 5.02 Å². The minimum absolute atomic E-state index is 0.0792. The summed E-state index contributed by atoms with van der Waals surface area (Å²) in [7, 11) is 2.00. The molecule has 15 heavy (non-hydrogen) atoms. The van der Waals surface area contributed by atoms with Crippen LogP contribution in [-0.2, 0) is 0 Å². The van der Waals surface area contributed by atoms with Crippen LogP contribution in [0.15, 0.2) is 18.2 Å². The lowest BCUT2D eigenvalue weighted by atomic mass is 10.0. The molecule has 2 rings (SSSR count). The maximum atomic E-state index is 13.3. The second-order valence-corrected chi connectivity index (χ2v) is 4.46. The van der Waals surface area contributed by atoms with Gasteiger partial charge in [-0.05, 0) is 31.2 Å². The number of benzene rings is 1. The van der Waals surface area contributed by atoms with Crippen molar-refractivity contribution in [2.75, 3.05) is 13.6 Å². The third kappa shape index (κ3) is 2.00. The maximum absolute atomic E-state index is 13.3. The van der Waals surface area contributed by atoms with E-state index in [1.807, 2.05) is 13.1 Å². The van der Waals surface area contributed by atoms with E-state index in [1.165, 1.54) is 6.07 Å². The molecule has 0 aromatic heterocycles. The lowest BCUT2D eigenvalue weighted by Gasteiger charge is -2.23. The van der Waals surface area contributed by atoms with E-state index >= 15 is 0 Å². The Hall–Kier alpha value is -0.640. The minimum atomic E-state index is -0.373. The zero-order chi connectivity index (χ0) is 11.0. The summed E-state index contributed by atoms with van der Waals surface area (Å²) >= 11 is 5.64. The molecule has 1 fully saturated rings. The first-order valence-corrected chi connectivity index (χ1v) is 5.38. The van der Waals surface area contributed by atoms with E-state index in [1.54, 1.807) is 6.07 Å². The molecule has 0 spiro atoms. The van der Waals surface area contributed by atoms with Gasteiger partial charge in [-0.3, -0.25) is 4.90 Å². The Labute approximate surface area is 93.8 Å².